The van der Waals surface area contributed by atoms with Crippen molar-refractivity contribution >= 4 is 49.3 Å². The highest BCUT2D eigenvalue weighted by molar-refractivity contribution is 7.26. The van der Waals surface area contributed by atoms with E-state index in [9.17, 15) is 4.79 Å². The van der Waals surface area contributed by atoms with Crippen molar-refractivity contribution in [1.29, 1.82) is 0 Å². The van der Waals surface area contributed by atoms with E-state index in [1.54, 1.807) is 28.6 Å². The lowest BCUT2D eigenvalue weighted by Crippen LogP contribution is -2.14. The van der Waals surface area contributed by atoms with Crippen molar-refractivity contribution in [3.63, 3.8) is 0 Å². The number of hydrogen-bond donors (Lipinski definition) is 0. The van der Waals surface area contributed by atoms with Gasteiger partial charge in [0.1, 0.15) is 5.75 Å². The molecule has 4 aromatic rings. The second-order valence-corrected chi connectivity index (χ2v) is 6.55. The zero-order chi connectivity index (χ0) is 17.2. The quantitative estimate of drug-likeness (QED) is 0.469. The molecular formula is C20H16N2O2S. The standard InChI is InChI=1S/C20H16N2O2S/c1-2-24-17-8-7-16(22(13-23)14-9-11-21-12-10-14)19-15-5-3-4-6-18(15)25-20(17)19/h3-13H,2H2,1H3. The van der Waals surface area contributed by atoms with Gasteiger partial charge in [-0.2, -0.15) is 0 Å². The Morgan fingerprint density at radius 1 is 1.12 bits per heavy atom. The Kier molecular flexibility index (Phi) is 4.07. The van der Waals surface area contributed by atoms with E-state index in [1.807, 2.05) is 43.3 Å². The topological polar surface area (TPSA) is 42.4 Å². The minimum atomic E-state index is 0.602. The van der Waals surface area contributed by atoms with Crippen molar-refractivity contribution in [3.05, 3.63) is 60.9 Å². The first-order valence-electron chi connectivity index (χ1n) is 8.05. The molecule has 0 atom stereocenters. The molecule has 0 spiro atoms. The van der Waals surface area contributed by atoms with Gasteiger partial charge >= 0.3 is 0 Å². The molecule has 0 saturated heterocycles. The molecule has 0 aliphatic carbocycles. The van der Waals surface area contributed by atoms with Crippen LogP contribution in [0, 0.1) is 0 Å². The van der Waals surface area contributed by atoms with Crippen LogP contribution in [0.2, 0.25) is 0 Å². The number of rotatable bonds is 5. The van der Waals surface area contributed by atoms with E-state index in [4.69, 9.17) is 4.74 Å². The van der Waals surface area contributed by atoms with Crippen LogP contribution in [0.3, 0.4) is 0 Å². The summed E-state index contributed by atoms with van der Waals surface area (Å²) in [5, 5.41) is 2.16. The predicted octanol–water partition coefficient (Wildman–Crippen LogP) is 5.14. The maximum Gasteiger partial charge on any atom is 0.218 e. The normalized spacial score (nSPS) is 10.9. The van der Waals surface area contributed by atoms with Gasteiger partial charge in [0.2, 0.25) is 6.41 Å². The highest BCUT2D eigenvalue weighted by Gasteiger charge is 2.18. The van der Waals surface area contributed by atoms with Crippen molar-refractivity contribution in [2.24, 2.45) is 0 Å². The molecule has 2 aromatic carbocycles. The summed E-state index contributed by atoms with van der Waals surface area (Å²) in [5.74, 6) is 0.850. The molecule has 2 heterocycles. The monoisotopic (exact) mass is 348 g/mol. The minimum absolute atomic E-state index is 0.602. The molecule has 0 aliphatic heterocycles. The lowest BCUT2D eigenvalue weighted by molar-refractivity contribution is -0.106. The first kappa shape index (κ1) is 15.6. The Morgan fingerprint density at radius 3 is 2.68 bits per heavy atom. The molecule has 2 aromatic heterocycles. The summed E-state index contributed by atoms with van der Waals surface area (Å²) in [6, 6.07) is 15.8. The van der Waals surface area contributed by atoms with E-state index in [1.165, 1.54) is 4.70 Å². The third kappa shape index (κ3) is 2.62. The van der Waals surface area contributed by atoms with Gasteiger partial charge in [0.05, 0.1) is 22.7 Å². The first-order chi connectivity index (χ1) is 12.3. The van der Waals surface area contributed by atoms with Crippen LogP contribution in [0.25, 0.3) is 20.2 Å². The van der Waals surface area contributed by atoms with Crippen molar-refractivity contribution in [2.45, 2.75) is 6.92 Å². The van der Waals surface area contributed by atoms with E-state index >= 15 is 0 Å². The van der Waals surface area contributed by atoms with Crippen molar-refractivity contribution in [3.8, 4) is 5.75 Å². The summed E-state index contributed by atoms with van der Waals surface area (Å²) in [6.07, 6.45) is 4.21. The average molecular weight is 348 g/mol. The number of anilines is 2. The molecule has 4 nitrogen and oxygen atoms in total. The fourth-order valence-corrected chi connectivity index (χ4v) is 4.21. The van der Waals surface area contributed by atoms with Crippen LogP contribution in [0.5, 0.6) is 5.75 Å². The number of carbonyl (C=O) groups is 1. The number of thiophene rings is 1. The molecular weight excluding hydrogens is 332 g/mol. The molecule has 124 valence electrons. The average Bonchev–Trinajstić information content (AvgIpc) is 3.05. The summed E-state index contributed by atoms with van der Waals surface area (Å²) in [7, 11) is 0. The molecule has 5 heteroatoms. The molecule has 0 bridgehead atoms. The predicted molar refractivity (Wildman–Crippen MR) is 103 cm³/mol. The Labute approximate surface area is 149 Å². The van der Waals surface area contributed by atoms with Crippen molar-refractivity contribution in [1.82, 2.24) is 4.98 Å². The summed E-state index contributed by atoms with van der Waals surface area (Å²) < 4.78 is 8.05. The fourth-order valence-electron chi connectivity index (χ4n) is 3.02. The molecule has 0 aliphatic rings. The molecule has 0 radical (unpaired) electrons. The van der Waals surface area contributed by atoms with Crippen molar-refractivity contribution < 1.29 is 9.53 Å². The van der Waals surface area contributed by atoms with E-state index < -0.39 is 0 Å². The number of amides is 1. The highest BCUT2D eigenvalue weighted by atomic mass is 32.1. The van der Waals surface area contributed by atoms with Gasteiger partial charge in [-0.3, -0.25) is 14.7 Å². The molecule has 0 fully saturated rings. The van der Waals surface area contributed by atoms with Gasteiger partial charge in [-0.05, 0) is 37.3 Å². The number of nitrogens with zero attached hydrogens (tertiary/aromatic N) is 2. The lowest BCUT2D eigenvalue weighted by atomic mass is 10.1. The number of fused-ring (bicyclic) bond motifs is 3. The Balaban J connectivity index is 2.04. The van der Waals surface area contributed by atoms with Crippen LogP contribution in [0.4, 0.5) is 11.4 Å². The molecule has 25 heavy (non-hydrogen) atoms. The van der Waals surface area contributed by atoms with Crippen LogP contribution in [0.15, 0.2) is 60.9 Å². The van der Waals surface area contributed by atoms with Gasteiger partial charge in [-0.15, -0.1) is 11.3 Å². The van der Waals surface area contributed by atoms with E-state index in [-0.39, 0.29) is 0 Å². The van der Waals surface area contributed by atoms with Crippen molar-refractivity contribution in [2.75, 3.05) is 11.5 Å². The van der Waals surface area contributed by atoms with Gasteiger partial charge in [-0.1, -0.05) is 18.2 Å². The van der Waals surface area contributed by atoms with Crippen LogP contribution >= 0.6 is 11.3 Å². The second-order valence-electron chi connectivity index (χ2n) is 5.50. The number of pyridine rings is 1. The molecule has 0 unspecified atom stereocenters. The molecule has 4 rings (SSSR count). The van der Waals surface area contributed by atoms with Crippen LogP contribution in [0.1, 0.15) is 6.92 Å². The van der Waals surface area contributed by atoms with E-state index in [0.717, 1.165) is 39.0 Å². The van der Waals surface area contributed by atoms with Gasteiger partial charge in [0, 0.05) is 27.9 Å². The molecule has 0 saturated carbocycles. The van der Waals surface area contributed by atoms with Gasteiger partial charge < -0.3 is 4.74 Å². The maximum atomic E-state index is 11.9. The van der Waals surface area contributed by atoms with Crippen LogP contribution in [-0.4, -0.2) is 18.0 Å². The largest absolute Gasteiger partial charge is 0.492 e. The summed E-state index contributed by atoms with van der Waals surface area (Å²) in [6.45, 7) is 2.58. The maximum absolute atomic E-state index is 11.9. The SMILES string of the molecule is CCOc1ccc(N(C=O)c2ccncc2)c2c1sc1ccccc12. The van der Waals surface area contributed by atoms with E-state index in [2.05, 4.69) is 17.1 Å². The Hall–Kier alpha value is -2.92. The summed E-state index contributed by atoms with van der Waals surface area (Å²) in [4.78, 5) is 17.6. The third-order valence-corrected chi connectivity index (χ3v) is 5.26. The zero-order valence-electron chi connectivity index (χ0n) is 13.7. The lowest BCUT2D eigenvalue weighted by Gasteiger charge is -2.19. The van der Waals surface area contributed by atoms with Gasteiger partial charge in [0.25, 0.3) is 0 Å². The fraction of sp³-hybridized carbons (Fsp3) is 0.100. The Bertz CT molecular complexity index is 1040. The number of aromatic nitrogens is 1. The Morgan fingerprint density at radius 2 is 1.92 bits per heavy atom. The van der Waals surface area contributed by atoms with Gasteiger partial charge in [-0.25, -0.2) is 0 Å². The smallest absolute Gasteiger partial charge is 0.218 e. The summed E-state index contributed by atoms with van der Waals surface area (Å²) >= 11 is 1.69. The van der Waals surface area contributed by atoms with Crippen LogP contribution in [-0.2, 0) is 4.79 Å². The summed E-state index contributed by atoms with van der Waals surface area (Å²) in [5.41, 5.74) is 1.63. The number of benzene rings is 2. The second kappa shape index (κ2) is 6.53. The molecule has 1 amide bonds. The highest BCUT2D eigenvalue weighted by Crippen LogP contribution is 2.45. The minimum Gasteiger partial charge on any atom is -0.492 e. The number of ether oxygens (including phenoxy) is 1. The van der Waals surface area contributed by atoms with E-state index in [0.29, 0.717) is 6.61 Å². The first-order valence-corrected chi connectivity index (χ1v) is 8.86. The number of hydrogen-bond acceptors (Lipinski definition) is 4. The van der Waals surface area contributed by atoms with Crippen LogP contribution < -0.4 is 9.64 Å². The third-order valence-electron chi connectivity index (χ3n) is 4.07. The zero-order valence-corrected chi connectivity index (χ0v) is 14.5. The number of carbonyl (C=O) groups excluding carboxylic acids is 1. The van der Waals surface area contributed by atoms with Gasteiger partial charge in [0.15, 0.2) is 0 Å². The molecule has 0 N–H and O–H groups in total.